The number of rotatable bonds is 1. The third kappa shape index (κ3) is 2.93. The molecule has 0 N–H and O–H groups in total. The largest absolute Gasteiger partial charge is 0.264 e. The Hall–Kier alpha value is -1.63. The highest BCUT2D eigenvalue weighted by molar-refractivity contribution is 5.85. The van der Waals surface area contributed by atoms with Crippen LogP contribution in [0.4, 0.5) is 0 Å². The van der Waals surface area contributed by atoms with Crippen molar-refractivity contribution < 1.29 is 0 Å². The summed E-state index contributed by atoms with van der Waals surface area (Å²) in [5.74, 6) is 0. The first kappa shape index (κ1) is 14.4. The van der Waals surface area contributed by atoms with Gasteiger partial charge in [0.25, 0.3) is 0 Å². The van der Waals surface area contributed by atoms with E-state index in [1.807, 2.05) is 18.2 Å². The van der Waals surface area contributed by atoms with Crippen LogP contribution in [-0.2, 0) is 0 Å². The molecule has 16 heavy (non-hydrogen) atoms. The van der Waals surface area contributed by atoms with Gasteiger partial charge in [-0.15, -0.1) is 24.8 Å². The van der Waals surface area contributed by atoms with Crippen LogP contribution in [0.25, 0.3) is 11.1 Å². The van der Waals surface area contributed by atoms with Gasteiger partial charge < -0.3 is 0 Å². The van der Waals surface area contributed by atoms with Gasteiger partial charge in [-0.1, -0.05) is 6.07 Å². The monoisotopic (exact) mass is 253 g/mol. The van der Waals surface area contributed by atoms with Gasteiger partial charge in [-0.05, 0) is 12.1 Å². The Kier molecular flexibility index (Phi) is 6.09. The summed E-state index contributed by atoms with van der Waals surface area (Å²) < 4.78 is 0. The van der Waals surface area contributed by atoms with E-state index in [9.17, 15) is 0 Å². The van der Waals surface area contributed by atoms with E-state index in [-0.39, 0.29) is 24.8 Å². The summed E-state index contributed by atoms with van der Waals surface area (Å²) in [6.45, 7) is 0. The summed E-state index contributed by atoms with van der Waals surface area (Å²) in [6.07, 6.45) is 6.67. The molecular weight excluding hydrogens is 245 g/mol. The number of nitriles is 1. The maximum Gasteiger partial charge on any atom is 0.101 e. The second-order valence-corrected chi connectivity index (χ2v) is 2.77. The summed E-state index contributed by atoms with van der Waals surface area (Å²) in [7, 11) is 0. The average Bonchev–Trinajstić information content (AvgIpc) is 2.30. The van der Waals surface area contributed by atoms with E-state index in [0.29, 0.717) is 5.56 Å². The van der Waals surface area contributed by atoms with E-state index in [2.05, 4.69) is 16.0 Å². The molecule has 0 atom stereocenters. The highest BCUT2D eigenvalue weighted by Gasteiger charge is 2.02. The van der Waals surface area contributed by atoms with E-state index in [1.54, 1.807) is 24.8 Å². The third-order valence-electron chi connectivity index (χ3n) is 1.91. The Balaban J connectivity index is 0.00000112. The Morgan fingerprint density at radius 1 is 1.00 bits per heavy atom. The highest BCUT2D eigenvalue weighted by Crippen LogP contribution is 2.20. The molecule has 82 valence electrons. The molecule has 0 saturated heterocycles. The molecule has 0 amide bonds. The molecule has 2 rings (SSSR count). The predicted octanol–water partition coefficient (Wildman–Crippen LogP) is 2.86. The minimum atomic E-state index is 0. The first-order chi connectivity index (χ1) is 6.92. The van der Waals surface area contributed by atoms with Crippen LogP contribution >= 0.6 is 24.8 Å². The molecule has 0 radical (unpaired) electrons. The standard InChI is InChI=1S/C11H7N3.2ClH/c12-6-10-8-14-5-3-11(10)9-2-1-4-13-7-9;;/h1-5,7-8H;2*1H. The smallest absolute Gasteiger partial charge is 0.101 e. The van der Waals surface area contributed by atoms with Crippen LogP contribution in [-0.4, -0.2) is 9.97 Å². The van der Waals surface area contributed by atoms with Gasteiger partial charge in [0, 0.05) is 35.9 Å². The fraction of sp³-hybridized carbons (Fsp3) is 0. The molecule has 0 aliphatic heterocycles. The number of halogens is 2. The van der Waals surface area contributed by atoms with Gasteiger partial charge in [-0.3, -0.25) is 9.97 Å². The zero-order chi connectivity index (χ0) is 9.80. The topological polar surface area (TPSA) is 49.6 Å². The van der Waals surface area contributed by atoms with E-state index in [1.165, 1.54) is 0 Å². The van der Waals surface area contributed by atoms with Crippen molar-refractivity contribution >= 4 is 24.8 Å². The predicted molar refractivity (Wildman–Crippen MR) is 66.7 cm³/mol. The molecule has 3 nitrogen and oxygen atoms in total. The maximum atomic E-state index is 8.87. The van der Waals surface area contributed by atoms with Crippen LogP contribution in [0.5, 0.6) is 0 Å². The summed E-state index contributed by atoms with van der Waals surface area (Å²) in [5, 5.41) is 8.87. The van der Waals surface area contributed by atoms with Gasteiger partial charge >= 0.3 is 0 Å². The van der Waals surface area contributed by atoms with Crippen LogP contribution in [0, 0.1) is 11.3 Å². The minimum absolute atomic E-state index is 0. The van der Waals surface area contributed by atoms with Crippen molar-refractivity contribution in [2.75, 3.05) is 0 Å². The van der Waals surface area contributed by atoms with Crippen molar-refractivity contribution in [3.05, 3.63) is 48.5 Å². The molecule has 0 aromatic carbocycles. The summed E-state index contributed by atoms with van der Waals surface area (Å²) >= 11 is 0. The van der Waals surface area contributed by atoms with Gasteiger partial charge in [0.15, 0.2) is 0 Å². The second-order valence-electron chi connectivity index (χ2n) is 2.77. The minimum Gasteiger partial charge on any atom is -0.264 e. The van der Waals surface area contributed by atoms with Crippen molar-refractivity contribution in [1.82, 2.24) is 9.97 Å². The average molecular weight is 254 g/mol. The van der Waals surface area contributed by atoms with Crippen LogP contribution in [0.15, 0.2) is 43.0 Å². The Morgan fingerprint density at radius 3 is 2.38 bits per heavy atom. The molecule has 0 fully saturated rings. The molecule has 2 heterocycles. The molecule has 0 unspecified atom stereocenters. The molecule has 5 heteroatoms. The fourth-order valence-corrected chi connectivity index (χ4v) is 1.26. The quantitative estimate of drug-likeness (QED) is 0.786. The first-order valence-corrected chi connectivity index (χ1v) is 4.16. The molecule has 0 saturated carbocycles. The first-order valence-electron chi connectivity index (χ1n) is 4.16. The number of aromatic nitrogens is 2. The Labute approximate surface area is 106 Å². The van der Waals surface area contributed by atoms with E-state index >= 15 is 0 Å². The zero-order valence-electron chi connectivity index (χ0n) is 8.20. The Morgan fingerprint density at radius 2 is 1.75 bits per heavy atom. The second kappa shape index (κ2) is 6.78. The fourth-order valence-electron chi connectivity index (χ4n) is 1.26. The van der Waals surface area contributed by atoms with Crippen molar-refractivity contribution in [3.63, 3.8) is 0 Å². The molecular formula is C11H9Cl2N3. The molecule has 0 bridgehead atoms. The summed E-state index contributed by atoms with van der Waals surface area (Å²) in [5.41, 5.74) is 2.38. The van der Waals surface area contributed by atoms with Gasteiger partial charge in [0.1, 0.15) is 6.07 Å². The van der Waals surface area contributed by atoms with Crippen LogP contribution in [0.1, 0.15) is 5.56 Å². The Bertz CT molecular complexity index is 480. The van der Waals surface area contributed by atoms with Crippen LogP contribution < -0.4 is 0 Å². The van der Waals surface area contributed by atoms with E-state index < -0.39 is 0 Å². The normalized spacial score (nSPS) is 8.19. The van der Waals surface area contributed by atoms with E-state index in [4.69, 9.17) is 5.26 Å². The van der Waals surface area contributed by atoms with Crippen molar-refractivity contribution in [1.29, 1.82) is 5.26 Å². The molecule has 0 aliphatic rings. The molecule has 0 spiro atoms. The van der Waals surface area contributed by atoms with Crippen molar-refractivity contribution in [3.8, 4) is 17.2 Å². The molecule has 2 aromatic rings. The van der Waals surface area contributed by atoms with Gasteiger partial charge in [0.2, 0.25) is 0 Å². The van der Waals surface area contributed by atoms with Crippen LogP contribution in [0.2, 0.25) is 0 Å². The maximum absolute atomic E-state index is 8.87. The third-order valence-corrected chi connectivity index (χ3v) is 1.91. The lowest BCUT2D eigenvalue weighted by Gasteiger charge is -2.01. The van der Waals surface area contributed by atoms with Crippen LogP contribution in [0.3, 0.4) is 0 Å². The van der Waals surface area contributed by atoms with Gasteiger partial charge in [-0.25, -0.2) is 0 Å². The zero-order valence-corrected chi connectivity index (χ0v) is 9.83. The molecule has 0 aliphatic carbocycles. The van der Waals surface area contributed by atoms with E-state index in [0.717, 1.165) is 11.1 Å². The van der Waals surface area contributed by atoms with Gasteiger partial charge in [0.05, 0.1) is 5.56 Å². The number of nitrogens with zero attached hydrogens (tertiary/aromatic N) is 3. The summed E-state index contributed by atoms with van der Waals surface area (Å²) in [6, 6.07) is 7.68. The number of pyridine rings is 2. The lowest BCUT2D eigenvalue weighted by atomic mass is 10.1. The molecule has 2 aromatic heterocycles. The highest BCUT2D eigenvalue weighted by atomic mass is 35.5. The number of hydrogen-bond acceptors (Lipinski definition) is 3. The van der Waals surface area contributed by atoms with Crippen molar-refractivity contribution in [2.45, 2.75) is 0 Å². The SMILES string of the molecule is Cl.Cl.N#Cc1cnccc1-c1cccnc1. The lowest BCUT2D eigenvalue weighted by Crippen LogP contribution is -1.85. The summed E-state index contributed by atoms with van der Waals surface area (Å²) in [4.78, 5) is 7.91. The number of hydrogen-bond donors (Lipinski definition) is 0. The lowest BCUT2D eigenvalue weighted by molar-refractivity contribution is 1.28. The van der Waals surface area contributed by atoms with Gasteiger partial charge in [-0.2, -0.15) is 5.26 Å². The van der Waals surface area contributed by atoms with Crippen molar-refractivity contribution in [2.24, 2.45) is 0 Å².